The Hall–Kier alpha value is -4.28. The zero-order chi connectivity index (χ0) is 52.1. The molecule has 5 N–H and O–H groups in total. The molecule has 0 spiro atoms. The van der Waals surface area contributed by atoms with Gasteiger partial charge in [-0.3, -0.25) is 29.7 Å². The number of Topliss-reactive ketones (excluding diaryl/α,β-unsaturated/α-hetero) is 3. The molecule has 15 heteroatoms. The summed E-state index contributed by atoms with van der Waals surface area (Å²) in [5.41, 5.74) is 5.58. The number of nitrogens with zero attached hydrogens (tertiary/aromatic N) is 1. The quantitative estimate of drug-likeness (QED) is 0.108. The molecule has 0 aromatic carbocycles. The highest BCUT2D eigenvalue weighted by atomic mass is 16.6. The second kappa shape index (κ2) is 25.9. The van der Waals surface area contributed by atoms with Gasteiger partial charge < -0.3 is 39.2 Å². The molecule has 10 atom stereocenters. The van der Waals surface area contributed by atoms with Crippen LogP contribution in [0.5, 0.6) is 0 Å². The SMILES string of the molecule is CO[C@H]1/C=C2\CC[C@@H](C)[C@@](O)(O2)C(=O)C(=O)N2CCCC[C@H]2C(=O)O[C@](N)([C@H](C)C[C@H]2CC[C@H](OC(=O)C(C)(CO)CO)CC2)CC(=O)[C@H](C)/C=C(\C)[C@@H](C)CC(=O)[C@H](C)C[C@H](C)/C=C/C=C/C=C/1C. The summed E-state index contributed by atoms with van der Waals surface area (Å²) in [5, 5.41) is 31.3. The van der Waals surface area contributed by atoms with Crippen molar-refractivity contribution >= 4 is 35.2 Å². The van der Waals surface area contributed by atoms with Gasteiger partial charge in [-0.2, -0.15) is 0 Å². The predicted octanol–water partition coefficient (Wildman–Crippen LogP) is 7.16. The molecule has 0 radical (unpaired) electrons. The molecule has 15 nitrogen and oxygen atoms in total. The first-order valence-electron chi connectivity index (χ1n) is 25.6. The fourth-order valence-electron chi connectivity index (χ4n) is 9.91. The number of hydrogen-bond acceptors (Lipinski definition) is 14. The number of aliphatic hydroxyl groups excluding tert-OH is 2. The minimum atomic E-state index is -2.53. The Bertz CT molecular complexity index is 2010. The minimum absolute atomic E-state index is 0.0328. The van der Waals surface area contributed by atoms with Crippen molar-refractivity contribution in [3.8, 4) is 0 Å². The number of carbonyl (C=O) groups excluding carboxylic acids is 6. The fourth-order valence-corrected chi connectivity index (χ4v) is 9.91. The second-order valence-corrected chi connectivity index (χ2v) is 21.5. The number of piperidine rings is 1. The molecule has 3 heterocycles. The standard InChI is InChI=1S/C55H84N2O13/c1-34-16-12-11-13-17-35(2)48(67-10)30-44-22-19-40(7)55(66,69-44)49(62)50(63)57-25-15-14-18-45(57)51(64)70-54(56,31-47(61)39(6)27-36(3)37(4)28-46(60)38(5)26-34)41(8)29-42-20-23-43(24-21-42)68-52(65)53(9,32-58)33-59/h11-13,16-17,27,30,34,37-43,45,48,58-59,66H,14-15,18-26,28-29,31-33,56H2,1-10H3/b13-11+,16-12+,35-17+,36-27+,44-30+/t34-,37+,38-,39-,40-,41-,42-,43-,45+,48+,54+,55-/m1/s1. The van der Waals surface area contributed by atoms with E-state index >= 15 is 0 Å². The molecular formula is C55H84N2O13. The van der Waals surface area contributed by atoms with Gasteiger partial charge in [0.25, 0.3) is 17.5 Å². The summed E-state index contributed by atoms with van der Waals surface area (Å²) in [6.45, 7) is 15.3. The molecule has 4 aliphatic rings. The van der Waals surface area contributed by atoms with Crippen molar-refractivity contribution < 1.29 is 63.0 Å². The van der Waals surface area contributed by atoms with Gasteiger partial charge in [0, 0.05) is 50.2 Å². The predicted molar refractivity (Wildman–Crippen MR) is 265 cm³/mol. The molecule has 0 aromatic rings. The molecule has 4 rings (SSSR count). The van der Waals surface area contributed by atoms with Gasteiger partial charge in [0.2, 0.25) is 0 Å². The van der Waals surface area contributed by atoms with E-state index in [1.807, 2.05) is 65.0 Å². The average Bonchev–Trinajstić information content (AvgIpc) is 3.33. The van der Waals surface area contributed by atoms with E-state index in [1.54, 1.807) is 19.9 Å². The molecule has 1 saturated carbocycles. The molecule has 0 aromatic heterocycles. The largest absolute Gasteiger partial charge is 0.462 e. The highest BCUT2D eigenvalue weighted by Crippen LogP contribution is 2.39. The number of aliphatic hydroxyl groups is 3. The first kappa shape index (κ1) is 58.3. The number of allylic oxidation sites excluding steroid dienone is 8. The van der Waals surface area contributed by atoms with Gasteiger partial charge in [-0.15, -0.1) is 0 Å². The second-order valence-electron chi connectivity index (χ2n) is 21.5. The lowest BCUT2D eigenvalue weighted by Gasteiger charge is -2.42. The van der Waals surface area contributed by atoms with E-state index in [4.69, 9.17) is 24.7 Å². The number of fused-ring (bicyclic) bond motifs is 3. The van der Waals surface area contributed by atoms with E-state index < -0.39 is 89.8 Å². The average molecular weight is 981 g/mol. The Kier molecular flexibility index (Phi) is 21.6. The molecule has 3 aliphatic heterocycles. The number of esters is 2. The maximum atomic E-state index is 14.6. The van der Waals surface area contributed by atoms with Crippen molar-refractivity contribution in [2.24, 2.45) is 52.6 Å². The number of carbonyl (C=O) groups is 6. The smallest absolute Gasteiger partial charge is 0.330 e. The minimum Gasteiger partial charge on any atom is -0.462 e. The van der Waals surface area contributed by atoms with E-state index in [0.29, 0.717) is 70.6 Å². The number of amides is 1. The van der Waals surface area contributed by atoms with Gasteiger partial charge in [-0.1, -0.05) is 83.6 Å². The van der Waals surface area contributed by atoms with Crippen molar-refractivity contribution in [3.63, 3.8) is 0 Å². The normalized spacial score (nSPS) is 36.9. The summed E-state index contributed by atoms with van der Waals surface area (Å²) in [6, 6.07) is -1.24. The summed E-state index contributed by atoms with van der Waals surface area (Å²) in [7, 11) is 1.53. The van der Waals surface area contributed by atoms with Crippen LogP contribution in [0.4, 0.5) is 0 Å². The summed E-state index contributed by atoms with van der Waals surface area (Å²) >= 11 is 0. The maximum absolute atomic E-state index is 14.6. The lowest BCUT2D eigenvalue weighted by atomic mass is 9.77. The number of cyclic esters (lactones) is 1. The van der Waals surface area contributed by atoms with Gasteiger partial charge in [0.05, 0.1) is 31.5 Å². The molecule has 2 bridgehead atoms. The van der Waals surface area contributed by atoms with Gasteiger partial charge >= 0.3 is 11.9 Å². The zero-order valence-electron chi connectivity index (χ0n) is 43.6. The Morgan fingerprint density at radius 3 is 2.20 bits per heavy atom. The van der Waals surface area contributed by atoms with Gasteiger partial charge in [-0.05, 0) is 114 Å². The van der Waals surface area contributed by atoms with Crippen molar-refractivity contribution in [2.45, 2.75) is 176 Å². The molecule has 0 unspecified atom stereocenters. The molecule has 70 heavy (non-hydrogen) atoms. The zero-order valence-corrected chi connectivity index (χ0v) is 43.6. The van der Waals surface area contributed by atoms with E-state index in [-0.39, 0.29) is 60.4 Å². The summed E-state index contributed by atoms with van der Waals surface area (Å²) in [5.74, 6) is -8.42. The summed E-state index contributed by atoms with van der Waals surface area (Å²) < 4.78 is 23.8. The van der Waals surface area contributed by atoms with Gasteiger partial charge in [0.1, 0.15) is 29.1 Å². The topological polar surface area (TPSA) is 229 Å². The number of nitrogens with two attached hydrogens (primary N) is 1. The monoisotopic (exact) mass is 981 g/mol. The Morgan fingerprint density at radius 2 is 1.56 bits per heavy atom. The van der Waals surface area contributed by atoms with Crippen LogP contribution in [-0.4, -0.2) is 112 Å². The Labute approximate surface area is 416 Å². The van der Waals surface area contributed by atoms with Crippen LogP contribution in [0.15, 0.2) is 59.4 Å². The highest BCUT2D eigenvalue weighted by molar-refractivity contribution is 6.39. The van der Waals surface area contributed by atoms with Crippen LogP contribution in [0, 0.1) is 46.8 Å². The third kappa shape index (κ3) is 15.1. The first-order valence-corrected chi connectivity index (χ1v) is 25.6. The van der Waals surface area contributed by atoms with Crippen molar-refractivity contribution in [1.82, 2.24) is 4.90 Å². The van der Waals surface area contributed by atoms with E-state index in [0.717, 1.165) is 16.0 Å². The van der Waals surface area contributed by atoms with Crippen LogP contribution in [0.25, 0.3) is 0 Å². The molecule has 2 saturated heterocycles. The van der Waals surface area contributed by atoms with Crippen LogP contribution < -0.4 is 5.73 Å². The van der Waals surface area contributed by atoms with Crippen molar-refractivity contribution in [3.05, 3.63) is 59.4 Å². The molecule has 392 valence electrons. The van der Waals surface area contributed by atoms with Gasteiger partial charge in [0.15, 0.2) is 5.72 Å². The van der Waals surface area contributed by atoms with Crippen LogP contribution in [0.1, 0.15) is 146 Å². The van der Waals surface area contributed by atoms with Crippen LogP contribution in [-0.2, 0) is 47.7 Å². The number of ether oxygens (including phenoxy) is 4. The number of hydrogen-bond donors (Lipinski definition) is 4. The maximum Gasteiger partial charge on any atom is 0.330 e. The van der Waals surface area contributed by atoms with E-state index in [1.165, 1.54) is 14.0 Å². The van der Waals surface area contributed by atoms with Crippen LogP contribution in [0.3, 0.4) is 0 Å². The first-order chi connectivity index (χ1) is 32.9. The molecule has 1 amide bonds. The molecule has 3 fully saturated rings. The summed E-state index contributed by atoms with van der Waals surface area (Å²) in [4.78, 5) is 84.8. The van der Waals surface area contributed by atoms with Crippen molar-refractivity contribution in [2.75, 3.05) is 26.9 Å². The Morgan fingerprint density at radius 1 is 0.886 bits per heavy atom. The number of rotatable bonds is 8. The lowest BCUT2D eigenvalue weighted by Crippen LogP contribution is -2.61. The Balaban J connectivity index is 1.68. The third-order valence-electron chi connectivity index (χ3n) is 15.5. The molecular weight excluding hydrogens is 897 g/mol. The lowest BCUT2D eigenvalue weighted by molar-refractivity contribution is -0.223. The highest BCUT2D eigenvalue weighted by Gasteiger charge is 2.53. The summed E-state index contributed by atoms with van der Waals surface area (Å²) in [6.07, 6.45) is 17.4. The van der Waals surface area contributed by atoms with E-state index in [9.17, 15) is 44.1 Å². The third-order valence-corrected chi connectivity index (χ3v) is 15.5. The van der Waals surface area contributed by atoms with E-state index in [2.05, 4.69) is 13.0 Å². The molecule has 1 aliphatic carbocycles. The number of methoxy groups -OCH3 is 1. The number of ketones is 3. The van der Waals surface area contributed by atoms with Crippen LogP contribution in [0.2, 0.25) is 0 Å². The van der Waals surface area contributed by atoms with Crippen LogP contribution >= 0.6 is 0 Å². The fraction of sp³-hybridized carbons (Fsp3) is 0.709. The van der Waals surface area contributed by atoms with Crippen molar-refractivity contribution in [1.29, 1.82) is 0 Å². The van der Waals surface area contributed by atoms with Gasteiger partial charge in [-0.25, -0.2) is 4.79 Å².